The van der Waals surface area contributed by atoms with Gasteiger partial charge in [-0.25, -0.2) is 0 Å². The number of benzene rings is 1. The molecule has 0 saturated carbocycles. The van der Waals surface area contributed by atoms with E-state index < -0.39 is 0 Å². The van der Waals surface area contributed by atoms with Gasteiger partial charge >= 0.3 is 0 Å². The molecule has 1 aromatic heterocycles. The van der Waals surface area contributed by atoms with Gasteiger partial charge in [0.15, 0.2) is 0 Å². The van der Waals surface area contributed by atoms with Gasteiger partial charge in [-0.05, 0) is 51.5 Å². The molecule has 1 N–H and O–H groups in total. The summed E-state index contributed by atoms with van der Waals surface area (Å²) in [5.74, 6) is 0.613. The van der Waals surface area contributed by atoms with E-state index in [0.29, 0.717) is 17.9 Å². The van der Waals surface area contributed by atoms with Crippen molar-refractivity contribution in [3.63, 3.8) is 0 Å². The molecule has 118 valence electrons. The summed E-state index contributed by atoms with van der Waals surface area (Å²) in [5, 5.41) is 7.35. The standard InChI is InChI=1S/C17H23N3O2/c1-11-6-7-16(22-5)15(8-11)18-17(21)10-14(4)20-13(3)9-12(2)19-20/h6-9,14H,10H2,1-5H3,(H,18,21)/t14-/m1/s1. The van der Waals surface area contributed by atoms with Crippen molar-refractivity contribution in [2.24, 2.45) is 0 Å². The number of nitrogens with zero attached hydrogens (tertiary/aromatic N) is 2. The number of aromatic nitrogens is 2. The average molecular weight is 301 g/mol. The molecule has 1 aromatic carbocycles. The number of hydrogen-bond donors (Lipinski definition) is 1. The molecule has 1 heterocycles. The summed E-state index contributed by atoms with van der Waals surface area (Å²) in [6.07, 6.45) is 0.360. The normalized spacial score (nSPS) is 12.0. The number of aryl methyl sites for hydroxylation is 3. The molecule has 0 spiro atoms. The molecule has 0 aliphatic rings. The Balaban J connectivity index is 2.07. The third kappa shape index (κ3) is 3.67. The van der Waals surface area contributed by atoms with Crippen molar-refractivity contribution in [1.82, 2.24) is 9.78 Å². The van der Waals surface area contributed by atoms with Gasteiger partial charge < -0.3 is 10.1 Å². The first-order valence-corrected chi connectivity index (χ1v) is 7.38. The van der Waals surface area contributed by atoms with Crippen LogP contribution in [0, 0.1) is 20.8 Å². The highest BCUT2D eigenvalue weighted by molar-refractivity contribution is 5.92. The fourth-order valence-electron chi connectivity index (χ4n) is 2.57. The Hall–Kier alpha value is -2.30. The number of ether oxygens (including phenoxy) is 1. The molecule has 0 saturated heterocycles. The van der Waals surface area contributed by atoms with E-state index in [1.54, 1.807) is 7.11 Å². The van der Waals surface area contributed by atoms with Gasteiger partial charge in [0.05, 0.1) is 24.5 Å². The first-order valence-electron chi connectivity index (χ1n) is 7.38. The monoisotopic (exact) mass is 301 g/mol. The van der Waals surface area contributed by atoms with Crippen LogP contribution >= 0.6 is 0 Å². The summed E-state index contributed by atoms with van der Waals surface area (Å²) in [7, 11) is 1.60. The van der Waals surface area contributed by atoms with Crippen molar-refractivity contribution in [3.05, 3.63) is 41.2 Å². The van der Waals surface area contributed by atoms with E-state index >= 15 is 0 Å². The summed E-state index contributed by atoms with van der Waals surface area (Å²) in [6, 6.07) is 7.73. The Morgan fingerprint density at radius 3 is 2.64 bits per heavy atom. The summed E-state index contributed by atoms with van der Waals surface area (Å²) >= 11 is 0. The van der Waals surface area contributed by atoms with Crippen LogP contribution in [0.1, 0.15) is 36.3 Å². The Labute approximate surface area is 131 Å². The van der Waals surface area contributed by atoms with Crippen LogP contribution in [-0.2, 0) is 4.79 Å². The highest BCUT2D eigenvalue weighted by atomic mass is 16.5. The number of amides is 1. The van der Waals surface area contributed by atoms with Crippen LogP contribution in [0.4, 0.5) is 5.69 Å². The lowest BCUT2D eigenvalue weighted by molar-refractivity contribution is -0.116. The van der Waals surface area contributed by atoms with Crippen LogP contribution in [0.2, 0.25) is 0 Å². The molecule has 1 amide bonds. The number of nitrogens with one attached hydrogen (secondary N) is 1. The third-order valence-electron chi connectivity index (χ3n) is 3.57. The molecule has 0 radical (unpaired) electrons. The van der Waals surface area contributed by atoms with E-state index in [2.05, 4.69) is 10.4 Å². The van der Waals surface area contributed by atoms with Gasteiger partial charge in [0, 0.05) is 12.1 Å². The van der Waals surface area contributed by atoms with Gasteiger partial charge in [-0.2, -0.15) is 5.10 Å². The smallest absolute Gasteiger partial charge is 0.226 e. The van der Waals surface area contributed by atoms with Crippen molar-refractivity contribution in [1.29, 1.82) is 0 Å². The van der Waals surface area contributed by atoms with E-state index in [-0.39, 0.29) is 11.9 Å². The first kappa shape index (κ1) is 16.1. The molecule has 0 unspecified atom stereocenters. The quantitative estimate of drug-likeness (QED) is 0.920. The topological polar surface area (TPSA) is 56.1 Å². The summed E-state index contributed by atoms with van der Waals surface area (Å²) in [6.45, 7) is 7.92. The molecule has 1 atom stereocenters. The molecule has 2 rings (SSSR count). The minimum absolute atomic E-state index is 0.00417. The fraction of sp³-hybridized carbons (Fsp3) is 0.412. The third-order valence-corrected chi connectivity index (χ3v) is 3.57. The summed E-state index contributed by atoms with van der Waals surface area (Å²) < 4.78 is 7.17. The van der Waals surface area contributed by atoms with Gasteiger partial charge in [0.2, 0.25) is 5.91 Å². The Kier molecular flexibility index (Phi) is 4.85. The first-order chi connectivity index (χ1) is 10.4. The van der Waals surface area contributed by atoms with E-state index in [9.17, 15) is 4.79 Å². The molecular weight excluding hydrogens is 278 g/mol. The number of rotatable bonds is 5. The highest BCUT2D eigenvalue weighted by Crippen LogP contribution is 2.26. The van der Waals surface area contributed by atoms with Crippen molar-refractivity contribution in [3.8, 4) is 5.75 Å². The lowest BCUT2D eigenvalue weighted by atomic mass is 10.2. The molecule has 0 fully saturated rings. The number of carbonyl (C=O) groups excluding carboxylic acids is 1. The number of hydrogen-bond acceptors (Lipinski definition) is 3. The highest BCUT2D eigenvalue weighted by Gasteiger charge is 2.15. The number of methoxy groups -OCH3 is 1. The predicted octanol–water partition coefficient (Wildman–Crippen LogP) is 3.41. The predicted molar refractivity (Wildman–Crippen MR) is 87.4 cm³/mol. The maximum Gasteiger partial charge on any atom is 0.226 e. The van der Waals surface area contributed by atoms with E-state index in [1.165, 1.54) is 0 Å². The van der Waals surface area contributed by atoms with Crippen LogP contribution in [0.25, 0.3) is 0 Å². The lowest BCUT2D eigenvalue weighted by Crippen LogP contribution is -2.19. The zero-order chi connectivity index (χ0) is 16.3. The molecular formula is C17H23N3O2. The number of carbonyl (C=O) groups is 1. The van der Waals surface area contributed by atoms with Gasteiger partial charge in [0.25, 0.3) is 0 Å². The fourth-order valence-corrected chi connectivity index (χ4v) is 2.57. The van der Waals surface area contributed by atoms with Crippen molar-refractivity contribution >= 4 is 11.6 Å². The minimum atomic E-state index is -0.0519. The molecule has 0 bridgehead atoms. The minimum Gasteiger partial charge on any atom is -0.495 e. The van der Waals surface area contributed by atoms with E-state index in [1.807, 2.05) is 56.6 Å². The maximum absolute atomic E-state index is 12.3. The molecule has 0 aliphatic carbocycles. The Morgan fingerprint density at radius 1 is 1.32 bits per heavy atom. The molecule has 5 heteroatoms. The van der Waals surface area contributed by atoms with Crippen LogP contribution < -0.4 is 10.1 Å². The van der Waals surface area contributed by atoms with Gasteiger partial charge in [0.1, 0.15) is 5.75 Å². The summed E-state index contributed by atoms with van der Waals surface area (Å²) in [4.78, 5) is 12.3. The Morgan fingerprint density at radius 2 is 2.05 bits per heavy atom. The molecule has 5 nitrogen and oxygen atoms in total. The van der Waals surface area contributed by atoms with Gasteiger partial charge in [-0.1, -0.05) is 6.07 Å². The largest absolute Gasteiger partial charge is 0.495 e. The van der Waals surface area contributed by atoms with Gasteiger partial charge in [-0.3, -0.25) is 9.48 Å². The van der Waals surface area contributed by atoms with Crippen LogP contribution in [0.15, 0.2) is 24.3 Å². The van der Waals surface area contributed by atoms with Crippen LogP contribution in [0.3, 0.4) is 0 Å². The van der Waals surface area contributed by atoms with Crippen LogP contribution in [-0.4, -0.2) is 22.8 Å². The van der Waals surface area contributed by atoms with Crippen molar-refractivity contribution < 1.29 is 9.53 Å². The average Bonchev–Trinajstić information content (AvgIpc) is 2.78. The van der Waals surface area contributed by atoms with E-state index in [4.69, 9.17) is 4.74 Å². The van der Waals surface area contributed by atoms with Crippen molar-refractivity contribution in [2.45, 2.75) is 40.2 Å². The second-order valence-corrected chi connectivity index (χ2v) is 5.68. The Bertz CT molecular complexity index is 677. The lowest BCUT2D eigenvalue weighted by Gasteiger charge is -2.15. The van der Waals surface area contributed by atoms with E-state index in [0.717, 1.165) is 17.0 Å². The second kappa shape index (κ2) is 6.64. The van der Waals surface area contributed by atoms with Gasteiger partial charge in [-0.15, -0.1) is 0 Å². The number of anilines is 1. The maximum atomic E-state index is 12.3. The molecule has 22 heavy (non-hydrogen) atoms. The zero-order valence-corrected chi connectivity index (χ0v) is 13.8. The van der Waals surface area contributed by atoms with Crippen LogP contribution in [0.5, 0.6) is 5.75 Å². The molecule has 0 aliphatic heterocycles. The molecule has 2 aromatic rings. The zero-order valence-electron chi connectivity index (χ0n) is 13.8. The summed E-state index contributed by atoms with van der Waals surface area (Å²) in [5.41, 5.74) is 3.80. The SMILES string of the molecule is COc1ccc(C)cc1NC(=O)C[C@@H](C)n1nc(C)cc1C. The van der Waals surface area contributed by atoms with Crippen molar-refractivity contribution in [2.75, 3.05) is 12.4 Å². The second-order valence-electron chi connectivity index (χ2n) is 5.68.